The third-order valence-corrected chi connectivity index (χ3v) is 4.17. The van der Waals surface area contributed by atoms with Crippen LogP contribution in [0, 0.1) is 0 Å². The first-order valence-electron chi connectivity index (χ1n) is 6.25. The van der Waals surface area contributed by atoms with E-state index in [0.29, 0.717) is 12.8 Å². The maximum atomic E-state index is 6.24. The molecule has 4 rings (SSSR count). The summed E-state index contributed by atoms with van der Waals surface area (Å²) in [7, 11) is 0. The van der Waals surface area contributed by atoms with Crippen molar-refractivity contribution in [2.75, 3.05) is 19.9 Å². The zero-order chi connectivity index (χ0) is 11.4. The molecule has 0 spiro atoms. The highest BCUT2D eigenvalue weighted by Gasteiger charge is 2.37. The third kappa shape index (κ3) is 1.31. The highest BCUT2D eigenvalue weighted by atomic mass is 16.7. The number of fused-ring (bicyclic) bond motifs is 4. The fourth-order valence-corrected chi connectivity index (χ4v) is 3.32. The molecular weight excluding hydrogens is 216 g/mol. The molecule has 0 amide bonds. The van der Waals surface area contributed by atoms with Crippen LogP contribution in [0.5, 0.6) is 11.5 Å². The molecule has 0 saturated carbocycles. The molecule has 4 nitrogen and oxygen atoms in total. The average molecular weight is 232 g/mol. The van der Waals surface area contributed by atoms with Gasteiger partial charge in [-0.05, 0) is 36.1 Å². The van der Waals surface area contributed by atoms with Gasteiger partial charge in [0.1, 0.15) is 0 Å². The second-order valence-electron chi connectivity index (χ2n) is 5.09. The Labute approximate surface area is 100 Å². The average Bonchev–Trinajstić information content (AvgIpc) is 2.92. The van der Waals surface area contributed by atoms with Crippen molar-refractivity contribution in [2.24, 2.45) is 5.73 Å². The van der Waals surface area contributed by atoms with Crippen LogP contribution in [-0.4, -0.2) is 30.8 Å². The Bertz CT molecular complexity index is 475. The monoisotopic (exact) mass is 232 g/mol. The van der Waals surface area contributed by atoms with E-state index in [2.05, 4.69) is 17.0 Å². The number of hydrogen-bond acceptors (Lipinski definition) is 4. The molecule has 0 bridgehead atoms. The van der Waals surface area contributed by atoms with Gasteiger partial charge in [-0.15, -0.1) is 0 Å². The quantitative estimate of drug-likeness (QED) is 0.726. The molecule has 4 heteroatoms. The second kappa shape index (κ2) is 3.37. The van der Waals surface area contributed by atoms with Gasteiger partial charge in [-0.3, -0.25) is 4.90 Å². The fraction of sp³-hybridized carbons (Fsp3) is 0.538. The summed E-state index contributed by atoms with van der Waals surface area (Å²) >= 11 is 0. The summed E-state index contributed by atoms with van der Waals surface area (Å²) in [5.74, 6) is 1.77. The first-order valence-corrected chi connectivity index (χ1v) is 6.25. The van der Waals surface area contributed by atoms with Gasteiger partial charge in [0.05, 0.1) is 6.04 Å². The molecule has 2 N–H and O–H groups in total. The van der Waals surface area contributed by atoms with Crippen LogP contribution >= 0.6 is 0 Å². The van der Waals surface area contributed by atoms with E-state index in [4.69, 9.17) is 15.2 Å². The van der Waals surface area contributed by atoms with E-state index in [1.165, 1.54) is 11.1 Å². The summed E-state index contributed by atoms with van der Waals surface area (Å²) in [5.41, 5.74) is 8.97. The summed E-state index contributed by atoms with van der Waals surface area (Å²) in [6, 6.07) is 4.92. The Kier molecular flexibility index (Phi) is 1.93. The van der Waals surface area contributed by atoms with E-state index < -0.39 is 0 Å². The van der Waals surface area contributed by atoms with Gasteiger partial charge in [-0.25, -0.2) is 0 Å². The smallest absolute Gasteiger partial charge is 0.231 e. The zero-order valence-electron chi connectivity index (χ0n) is 9.69. The lowest BCUT2D eigenvalue weighted by Crippen LogP contribution is -2.37. The number of benzene rings is 1. The Hall–Kier alpha value is -1.26. The van der Waals surface area contributed by atoms with Crippen LogP contribution in [0.4, 0.5) is 0 Å². The predicted molar refractivity (Wildman–Crippen MR) is 63.2 cm³/mol. The van der Waals surface area contributed by atoms with E-state index in [-0.39, 0.29) is 6.04 Å². The molecule has 2 unspecified atom stereocenters. The summed E-state index contributed by atoms with van der Waals surface area (Å²) in [6.45, 7) is 2.59. The van der Waals surface area contributed by atoms with Gasteiger partial charge in [0.15, 0.2) is 11.5 Å². The van der Waals surface area contributed by atoms with Crippen LogP contribution in [-0.2, 0) is 6.42 Å². The highest BCUT2D eigenvalue weighted by Crippen LogP contribution is 2.43. The van der Waals surface area contributed by atoms with Gasteiger partial charge in [-0.1, -0.05) is 0 Å². The molecule has 2 atom stereocenters. The topological polar surface area (TPSA) is 47.7 Å². The van der Waals surface area contributed by atoms with Gasteiger partial charge < -0.3 is 15.2 Å². The first-order chi connectivity index (χ1) is 8.33. The maximum Gasteiger partial charge on any atom is 0.231 e. The molecule has 1 aromatic carbocycles. The van der Waals surface area contributed by atoms with Crippen molar-refractivity contribution in [2.45, 2.75) is 24.9 Å². The molecule has 1 aromatic rings. The molecule has 3 heterocycles. The lowest BCUT2D eigenvalue weighted by molar-refractivity contribution is 0.174. The number of hydrogen-bond donors (Lipinski definition) is 1. The zero-order valence-corrected chi connectivity index (χ0v) is 9.69. The maximum absolute atomic E-state index is 6.24. The Morgan fingerprint density at radius 3 is 2.88 bits per heavy atom. The lowest BCUT2D eigenvalue weighted by atomic mass is 9.90. The largest absolute Gasteiger partial charge is 0.454 e. The summed E-state index contributed by atoms with van der Waals surface area (Å²) in [4.78, 5) is 2.50. The van der Waals surface area contributed by atoms with Crippen LogP contribution in [0.3, 0.4) is 0 Å². The van der Waals surface area contributed by atoms with Crippen molar-refractivity contribution < 1.29 is 9.47 Å². The summed E-state index contributed by atoms with van der Waals surface area (Å²) < 4.78 is 10.9. The van der Waals surface area contributed by atoms with Gasteiger partial charge in [0.2, 0.25) is 6.79 Å². The van der Waals surface area contributed by atoms with E-state index in [1.807, 2.05) is 0 Å². The van der Waals surface area contributed by atoms with E-state index in [0.717, 1.165) is 37.4 Å². The predicted octanol–water partition coefficient (Wildman–Crippen LogP) is 1.05. The van der Waals surface area contributed by atoms with Crippen LogP contribution in [0.15, 0.2) is 12.1 Å². The minimum absolute atomic E-state index is 0.259. The van der Waals surface area contributed by atoms with E-state index >= 15 is 0 Å². The van der Waals surface area contributed by atoms with E-state index in [9.17, 15) is 0 Å². The number of nitrogens with two attached hydrogens (primary N) is 1. The molecule has 90 valence electrons. The van der Waals surface area contributed by atoms with Crippen molar-refractivity contribution >= 4 is 0 Å². The number of ether oxygens (including phenoxy) is 2. The Morgan fingerprint density at radius 2 is 2.00 bits per heavy atom. The highest BCUT2D eigenvalue weighted by molar-refractivity contribution is 5.51. The van der Waals surface area contributed by atoms with Crippen LogP contribution in [0.2, 0.25) is 0 Å². The summed E-state index contributed by atoms with van der Waals surface area (Å²) in [5, 5.41) is 0. The SMILES string of the molecule is NC1CCN2CCc3cc4c(cc3C12)OCO4. The second-order valence-corrected chi connectivity index (χ2v) is 5.09. The number of rotatable bonds is 0. The molecule has 0 radical (unpaired) electrons. The Balaban J connectivity index is 1.84. The van der Waals surface area contributed by atoms with Crippen molar-refractivity contribution in [1.82, 2.24) is 4.90 Å². The van der Waals surface area contributed by atoms with E-state index in [1.54, 1.807) is 0 Å². The normalized spacial score (nSPS) is 30.2. The lowest BCUT2D eigenvalue weighted by Gasteiger charge is -2.33. The number of nitrogens with zero attached hydrogens (tertiary/aromatic N) is 1. The molecule has 0 aromatic heterocycles. The first kappa shape index (κ1) is 9.74. The van der Waals surface area contributed by atoms with Gasteiger partial charge >= 0.3 is 0 Å². The molecule has 17 heavy (non-hydrogen) atoms. The van der Waals surface area contributed by atoms with Gasteiger partial charge in [0, 0.05) is 19.1 Å². The molecular formula is C13H16N2O2. The van der Waals surface area contributed by atoms with Crippen LogP contribution in [0.1, 0.15) is 23.6 Å². The molecule has 0 aliphatic carbocycles. The van der Waals surface area contributed by atoms with Gasteiger partial charge in [0.25, 0.3) is 0 Å². The molecule has 1 fully saturated rings. The summed E-state index contributed by atoms with van der Waals surface area (Å²) in [6.07, 6.45) is 2.19. The van der Waals surface area contributed by atoms with Crippen molar-refractivity contribution in [3.63, 3.8) is 0 Å². The Morgan fingerprint density at radius 1 is 1.18 bits per heavy atom. The van der Waals surface area contributed by atoms with Gasteiger partial charge in [-0.2, -0.15) is 0 Å². The molecule has 3 aliphatic heterocycles. The van der Waals surface area contributed by atoms with Crippen LogP contribution in [0.25, 0.3) is 0 Å². The van der Waals surface area contributed by atoms with Crippen LogP contribution < -0.4 is 15.2 Å². The minimum Gasteiger partial charge on any atom is -0.454 e. The molecule has 3 aliphatic rings. The standard InChI is InChI=1S/C13H16N2O2/c14-10-2-4-15-3-1-8-5-11-12(17-7-16-11)6-9(8)13(10)15/h5-6,10,13H,1-4,7,14H2. The van der Waals surface area contributed by atoms with Crippen molar-refractivity contribution in [1.29, 1.82) is 0 Å². The molecule has 1 saturated heterocycles. The fourth-order valence-electron chi connectivity index (χ4n) is 3.32. The van der Waals surface area contributed by atoms with Crippen molar-refractivity contribution in [3.05, 3.63) is 23.3 Å². The third-order valence-electron chi connectivity index (χ3n) is 4.17. The van der Waals surface area contributed by atoms with Crippen molar-refractivity contribution in [3.8, 4) is 11.5 Å². The minimum atomic E-state index is 0.259.